The summed E-state index contributed by atoms with van der Waals surface area (Å²) in [4.78, 5) is 12.0. The highest BCUT2D eigenvalue weighted by molar-refractivity contribution is 5.82. The van der Waals surface area contributed by atoms with Crippen LogP contribution in [-0.4, -0.2) is 9.78 Å². The molecule has 0 bridgehead atoms. The minimum Gasteiger partial charge on any atom is -0.459 e. The van der Waals surface area contributed by atoms with Crippen molar-refractivity contribution in [2.75, 3.05) is 0 Å². The molecule has 0 atom stereocenters. The van der Waals surface area contributed by atoms with E-state index < -0.39 is 0 Å². The van der Waals surface area contributed by atoms with Crippen LogP contribution in [0.4, 0.5) is 0 Å². The zero-order valence-corrected chi connectivity index (χ0v) is 10.5. The molecule has 0 saturated heterocycles. The molecule has 0 saturated carbocycles. The van der Waals surface area contributed by atoms with Gasteiger partial charge in [-0.05, 0) is 17.7 Å². The van der Waals surface area contributed by atoms with E-state index in [2.05, 4.69) is 5.10 Å². The zero-order chi connectivity index (χ0) is 13.4. The van der Waals surface area contributed by atoms with Crippen molar-refractivity contribution in [3.63, 3.8) is 0 Å². The second-order valence-corrected chi connectivity index (χ2v) is 4.39. The lowest BCUT2D eigenvalue weighted by molar-refractivity contribution is 0.539. The van der Waals surface area contributed by atoms with Gasteiger partial charge >= 0.3 is 0 Å². The lowest BCUT2D eigenvalue weighted by atomic mass is 10.1. The lowest BCUT2D eigenvalue weighted by Gasteiger charge is -2.02. The van der Waals surface area contributed by atoms with Crippen LogP contribution in [0.5, 0.6) is 0 Å². The molecule has 0 radical (unpaired) electrons. The molecule has 0 amide bonds. The Labute approximate surface area is 109 Å². The van der Waals surface area contributed by atoms with Gasteiger partial charge in [-0.2, -0.15) is 5.10 Å². The van der Waals surface area contributed by atoms with Crippen molar-refractivity contribution in [3.8, 4) is 11.1 Å². The van der Waals surface area contributed by atoms with Crippen LogP contribution in [0.3, 0.4) is 0 Å². The number of nitrogens with two attached hydrogens (primary N) is 1. The fourth-order valence-electron chi connectivity index (χ4n) is 2.06. The number of aryl methyl sites for hydroxylation is 1. The molecule has 3 rings (SSSR count). The van der Waals surface area contributed by atoms with Gasteiger partial charge in [0.1, 0.15) is 11.3 Å². The maximum atomic E-state index is 12.0. The largest absolute Gasteiger partial charge is 0.459 e. The van der Waals surface area contributed by atoms with Gasteiger partial charge in [-0.25, -0.2) is 0 Å². The van der Waals surface area contributed by atoms with Gasteiger partial charge in [0, 0.05) is 24.9 Å². The summed E-state index contributed by atoms with van der Waals surface area (Å²) in [6.45, 7) is 0.218. The molecule has 0 fully saturated rings. The molecule has 5 nitrogen and oxygen atoms in total. The van der Waals surface area contributed by atoms with E-state index in [1.54, 1.807) is 16.9 Å². The second-order valence-electron chi connectivity index (χ2n) is 4.39. The van der Waals surface area contributed by atoms with E-state index in [0.717, 1.165) is 11.1 Å². The first-order chi connectivity index (χ1) is 9.17. The third-order valence-corrected chi connectivity index (χ3v) is 3.02. The molecule has 2 N–H and O–H groups in total. The van der Waals surface area contributed by atoms with Crippen LogP contribution in [0.15, 0.2) is 45.9 Å². The quantitative estimate of drug-likeness (QED) is 0.755. The first-order valence-electron chi connectivity index (χ1n) is 5.93. The first kappa shape index (κ1) is 11.7. The summed E-state index contributed by atoms with van der Waals surface area (Å²) in [5.41, 5.74) is 7.87. The van der Waals surface area contributed by atoms with E-state index in [0.29, 0.717) is 16.7 Å². The molecule has 3 aromatic rings. The van der Waals surface area contributed by atoms with Crippen molar-refractivity contribution in [1.29, 1.82) is 0 Å². The van der Waals surface area contributed by atoms with Crippen molar-refractivity contribution in [2.24, 2.45) is 12.8 Å². The van der Waals surface area contributed by atoms with Crippen LogP contribution >= 0.6 is 0 Å². The van der Waals surface area contributed by atoms with E-state index in [4.69, 9.17) is 10.2 Å². The molecule has 0 aliphatic heterocycles. The first-order valence-corrected chi connectivity index (χ1v) is 5.93. The average Bonchev–Trinajstić information content (AvgIpc) is 2.85. The van der Waals surface area contributed by atoms with Crippen molar-refractivity contribution >= 4 is 11.0 Å². The van der Waals surface area contributed by atoms with Gasteiger partial charge in [-0.15, -0.1) is 0 Å². The average molecular weight is 255 g/mol. The van der Waals surface area contributed by atoms with Crippen molar-refractivity contribution in [2.45, 2.75) is 6.54 Å². The number of nitrogens with zero attached hydrogens (tertiary/aromatic N) is 2. The van der Waals surface area contributed by atoms with Gasteiger partial charge in [0.2, 0.25) is 0 Å². The molecule has 0 aliphatic carbocycles. The Kier molecular flexibility index (Phi) is 2.68. The Morgan fingerprint density at radius 1 is 1.32 bits per heavy atom. The molecule has 2 heterocycles. The third-order valence-electron chi connectivity index (χ3n) is 3.02. The van der Waals surface area contributed by atoms with Crippen molar-refractivity contribution in [3.05, 3.63) is 52.6 Å². The highest BCUT2D eigenvalue weighted by atomic mass is 16.3. The Morgan fingerprint density at radius 3 is 2.84 bits per heavy atom. The van der Waals surface area contributed by atoms with Gasteiger partial charge in [0.15, 0.2) is 5.43 Å². The SMILES string of the molecule is Cn1cc(-c2ccc3oc(CN)cc(=O)c3c2)cn1. The summed E-state index contributed by atoms with van der Waals surface area (Å²) in [6, 6.07) is 6.95. The number of fused-ring (bicyclic) bond motifs is 1. The lowest BCUT2D eigenvalue weighted by Crippen LogP contribution is -2.05. The van der Waals surface area contributed by atoms with Gasteiger partial charge in [-0.1, -0.05) is 6.07 Å². The molecule has 5 heteroatoms. The molecular formula is C14H13N3O2. The smallest absolute Gasteiger partial charge is 0.193 e. The molecule has 0 aliphatic rings. The Morgan fingerprint density at radius 2 is 2.16 bits per heavy atom. The summed E-state index contributed by atoms with van der Waals surface area (Å²) in [5.74, 6) is 0.492. The molecule has 0 spiro atoms. The highest BCUT2D eigenvalue weighted by Crippen LogP contribution is 2.22. The zero-order valence-electron chi connectivity index (χ0n) is 10.5. The molecular weight excluding hydrogens is 242 g/mol. The van der Waals surface area contributed by atoms with Gasteiger partial charge in [0.25, 0.3) is 0 Å². The highest BCUT2D eigenvalue weighted by Gasteiger charge is 2.07. The number of benzene rings is 1. The number of hydrogen-bond acceptors (Lipinski definition) is 4. The molecule has 1 aromatic carbocycles. The Balaban J connectivity index is 2.21. The standard InChI is InChI=1S/C14H13N3O2/c1-17-8-10(7-16-17)9-2-3-14-12(4-9)13(18)5-11(6-15)19-14/h2-5,7-8H,6,15H2,1H3. The molecule has 2 aromatic heterocycles. The summed E-state index contributed by atoms with van der Waals surface area (Å²) in [6.07, 6.45) is 3.66. The Bertz CT molecular complexity index is 802. The number of rotatable bonds is 2. The maximum Gasteiger partial charge on any atom is 0.193 e. The van der Waals surface area contributed by atoms with Crippen LogP contribution in [0, 0.1) is 0 Å². The molecule has 0 unspecified atom stereocenters. The predicted molar refractivity (Wildman–Crippen MR) is 72.6 cm³/mol. The normalized spacial score (nSPS) is 11.1. The van der Waals surface area contributed by atoms with Crippen LogP contribution in [0.2, 0.25) is 0 Å². The van der Waals surface area contributed by atoms with Gasteiger partial charge in [0.05, 0.1) is 18.1 Å². The van der Waals surface area contributed by atoms with E-state index in [9.17, 15) is 4.79 Å². The monoisotopic (exact) mass is 255 g/mol. The van der Waals surface area contributed by atoms with E-state index in [1.165, 1.54) is 6.07 Å². The minimum absolute atomic E-state index is 0.0764. The third kappa shape index (κ3) is 2.04. The summed E-state index contributed by atoms with van der Waals surface area (Å²) >= 11 is 0. The van der Waals surface area contributed by atoms with Crippen LogP contribution in [0.25, 0.3) is 22.1 Å². The molecule has 96 valence electrons. The van der Waals surface area contributed by atoms with Crippen molar-refractivity contribution < 1.29 is 4.42 Å². The van der Waals surface area contributed by atoms with Gasteiger partial charge < -0.3 is 10.2 Å². The maximum absolute atomic E-state index is 12.0. The summed E-state index contributed by atoms with van der Waals surface area (Å²) in [7, 11) is 1.85. The minimum atomic E-state index is -0.0764. The Hall–Kier alpha value is -2.40. The fraction of sp³-hybridized carbons (Fsp3) is 0.143. The number of hydrogen-bond donors (Lipinski definition) is 1. The summed E-state index contributed by atoms with van der Waals surface area (Å²) in [5, 5.41) is 4.68. The number of aromatic nitrogens is 2. The van der Waals surface area contributed by atoms with Crippen molar-refractivity contribution in [1.82, 2.24) is 9.78 Å². The van der Waals surface area contributed by atoms with Gasteiger partial charge in [-0.3, -0.25) is 9.48 Å². The van der Waals surface area contributed by atoms with E-state index in [-0.39, 0.29) is 12.0 Å². The van der Waals surface area contributed by atoms with E-state index in [1.807, 2.05) is 25.4 Å². The van der Waals surface area contributed by atoms with Crippen LogP contribution < -0.4 is 11.2 Å². The topological polar surface area (TPSA) is 74.1 Å². The summed E-state index contributed by atoms with van der Waals surface area (Å²) < 4.78 is 7.26. The fourth-order valence-corrected chi connectivity index (χ4v) is 2.06. The second kappa shape index (κ2) is 4.37. The molecule has 19 heavy (non-hydrogen) atoms. The van der Waals surface area contributed by atoms with Crippen LogP contribution in [-0.2, 0) is 13.6 Å². The predicted octanol–water partition coefficient (Wildman–Crippen LogP) is 1.65. The van der Waals surface area contributed by atoms with E-state index >= 15 is 0 Å². The van der Waals surface area contributed by atoms with Crippen LogP contribution in [0.1, 0.15) is 5.76 Å².